The van der Waals surface area contributed by atoms with Crippen LogP contribution in [0.15, 0.2) is 36.4 Å². The quantitative estimate of drug-likeness (QED) is 0.793. The van der Waals surface area contributed by atoms with Crippen molar-refractivity contribution in [1.82, 2.24) is 5.32 Å². The van der Waals surface area contributed by atoms with Crippen LogP contribution in [0.1, 0.15) is 28.8 Å². The van der Waals surface area contributed by atoms with Crippen molar-refractivity contribution in [2.45, 2.75) is 19.4 Å². The lowest BCUT2D eigenvalue weighted by Gasteiger charge is -2.18. The van der Waals surface area contributed by atoms with Gasteiger partial charge >= 0.3 is 0 Å². The van der Waals surface area contributed by atoms with Crippen LogP contribution in [-0.4, -0.2) is 12.5 Å². The number of carbonyl (C=O) groups is 1. The molecule has 2 bridgehead atoms. The van der Waals surface area contributed by atoms with Gasteiger partial charge in [0.2, 0.25) is 5.91 Å². The first-order valence-electron chi connectivity index (χ1n) is 7.00. The van der Waals surface area contributed by atoms with Crippen LogP contribution in [0.2, 0.25) is 0 Å². The molecule has 3 heteroatoms. The molecule has 3 N–H and O–H groups in total. The maximum Gasteiger partial charge on any atom is 0.248 e. The second-order valence-electron chi connectivity index (χ2n) is 5.73. The second kappa shape index (κ2) is 5.17. The Morgan fingerprint density at radius 1 is 1.21 bits per heavy atom. The summed E-state index contributed by atoms with van der Waals surface area (Å²) in [5.41, 5.74) is 6.99. The fraction of sp³-hybridized carbons (Fsp3) is 0.438. The molecule has 19 heavy (non-hydrogen) atoms. The summed E-state index contributed by atoms with van der Waals surface area (Å²) in [6.07, 6.45) is 7.47. The Morgan fingerprint density at radius 3 is 2.58 bits per heavy atom. The minimum absolute atomic E-state index is 0.367. The normalized spacial score (nSPS) is 27.9. The van der Waals surface area contributed by atoms with Gasteiger partial charge < -0.3 is 11.1 Å². The maximum absolute atomic E-state index is 11.0. The number of allylic oxidation sites excluding steroid dienone is 2. The van der Waals surface area contributed by atoms with Crippen molar-refractivity contribution in [1.29, 1.82) is 0 Å². The van der Waals surface area contributed by atoms with Crippen LogP contribution < -0.4 is 11.1 Å². The number of fused-ring (bicyclic) bond motifs is 2. The lowest BCUT2D eigenvalue weighted by atomic mass is 9.93. The van der Waals surface area contributed by atoms with E-state index < -0.39 is 0 Å². The van der Waals surface area contributed by atoms with Crippen LogP contribution in [0, 0.1) is 17.8 Å². The van der Waals surface area contributed by atoms with Crippen molar-refractivity contribution in [3.63, 3.8) is 0 Å². The van der Waals surface area contributed by atoms with Gasteiger partial charge in [0, 0.05) is 12.1 Å². The zero-order chi connectivity index (χ0) is 13.2. The van der Waals surface area contributed by atoms with Gasteiger partial charge in [-0.3, -0.25) is 4.79 Å². The predicted molar refractivity (Wildman–Crippen MR) is 75.5 cm³/mol. The van der Waals surface area contributed by atoms with Crippen molar-refractivity contribution in [2.24, 2.45) is 23.5 Å². The Hall–Kier alpha value is -1.61. The van der Waals surface area contributed by atoms with Gasteiger partial charge in [0.15, 0.2) is 0 Å². The molecule has 2 aliphatic rings. The molecule has 0 aromatic heterocycles. The molecule has 1 aromatic carbocycles. The standard InChI is InChI=1S/C16H20N2O/c17-16(19)13-4-1-11(2-5-13)9-18-10-15-8-12-3-6-14(15)7-12/h1-6,12,14-15,18H,7-10H2,(H2,17,19). The third kappa shape index (κ3) is 2.71. The summed E-state index contributed by atoms with van der Waals surface area (Å²) in [5.74, 6) is 2.08. The summed E-state index contributed by atoms with van der Waals surface area (Å²) in [5, 5.41) is 3.53. The average molecular weight is 256 g/mol. The molecule has 0 aliphatic heterocycles. The van der Waals surface area contributed by atoms with Gasteiger partial charge in [-0.15, -0.1) is 0 Å². The molecule has 2 aliphatic carbocycles. The number of amides is 1. The van der Waals surface area contributed by atoms with Crippen LogP contribution >= 0.6 is 0 Å². The highest BCUT2D eigenvalue weighted by Crippen LogP contribution is 2.42. The Bertz CT molecular complexity index is 492. The van der Waals surface area contributed by atoms with Crippen molar-refractivity contribution < 1.29 is 4.79 Å². The fourth-order valence-electron chi connectivity index (χ4n) is 3.32. The molecule has 3 nitrogen and oxygen atoms in total. The molecule has 0 heterocycles. The van der Waals surface area contributed by atoms with E-state index in [-0.39, 0.29) is 5.91 Å². The highest BCUT2D eigenvalue weighted by molar-refractivity contribution is 5.92. The number of nitrogens with two attached hydrogens (primary N) is 1. The lowest BCUT2D eigenvalue weighted by Crippen LogP contribution is -2.25. The van der Waals surface area contributed by atoms with Gasteiger partial charge in [-0.1, -0.05) is 24.3 Å². The Kier molecular flexibility index (Phi) is 3.38. The largest absolute Gasteiger partial charge is 0.366 e. The number of carbonyl (C=O) groups excluding carboxylic acids is 1. The number of benzene rings is 1. The maximum atomic E-state index is 11.0. The highest BCUT2D eigenvalue weighted by atomic mass is 16.1. The summed E-state index contributed by atoms with van der Waals surface area (Å²) in [7, 11) is 0. The highest BCUT2D eigenvalue weighted by Gasteiger charge is 2.34. The van der Waals surface area contributed by atoms with E-state index in [0.717, 1.165) is 30.8 Å². The summed E-state index contributed by atoms with van der Waals surface area (Å²) >= 11 is 0. The van der Waals surface area contributed by atoms with Gasteiger partial charge in [0.25, 0.3) is 0 Å². The molecule has 1 aromatic rings. The summed E-state index contributed by atoms with van der Waals surface area (Å²) in [6.45, 7) is 1.94. The molecule has 100 valence electrons. The third-order valence-electron chi connectivity index (χ3n) is 4.39. The number of primary amides is 1. The van der Waals surface area contributed by atoms with E-state index in [4.69, 9.17) is 5.73 Å². The summed E-state index contributed by atoms with van der Waals surface area (Å²) in [4.78, 5) is 11.0. The first-order valence-corrected chi connectivity index (χ1v) is 7.00. The van der Waals surface area contributed by atoms with Crippen molar-refractivity contribution >= 4 is 5.91 Å². The SMILES string of the molecule is NC(=O)c1ccc(CNCC2CC3C=CC2C3)cc1. The minimum atomic E-state index is -0.367. The molecular weight excluding hydrogens is 236 g/mol. The van der Waals surface area contributed by atoms with E-state index >= 15 is 0 Å². The van der Waals surface area contributed by atoms with Gasteiger partial charge in [-0.25, -0.2) is 0 Å². The zero-order valence-electron chi connectivity index (χ0n) is 11.0. The smallest absolute Gasteiger partial charge is 0.248 e. The van der Waals surface area contributed by atoms with Crippen molar-refractivity contribution in [2.75, 3.05) is 6.54 Å². The van der Waals surface area contributed by atoms with E-state index in [9.17, 15) is 4.79 Å². The molecule has 0 spiro atoms. The molecular formula is C16H20N2O. The fourth-order valence-corrected chi connectivity index (χ4v) is 3.32. The monoisotopic (exact) mass is 256 g/mol. The van der Waals surface area contributed by atoms with E-state index in [1.807, 2.05) is 12.1 Å². The van der Waals surface area contributed by atoms with Gasteiger partial charge in [0.1, 0.15) is 0 Å². The van der Waals surface area contributed by atoms with Crippen LogP contribution in [0.4, 0.5) is 0 Å². The average Bonchev–Trinajstić information content (AvgIpc) is 3.02. The molecule has 3 unspecified atom stereocenters. The number of rotatable bonds is 5. The van der Waals surface area contributed by atoms with Crippen LogP contribution in [0.25, 0.3) is 0 Å². The molecule has 1 fully saturated rings. The van der Waals surface area contributed by atoms with E-state index in [1.165, 1.54) is 18.4 Å². The molecule has 0 saturated heterocycles. The number of hydrogen-bond donors (Lipinski definition) is 2. The van der Waals surface area contributed by atoms with Gasteiger partial charge in [0.05, 0.1) is 0 Å². The Balaban J connectivity index is 1.47. The first kappa shape index (κ1) is 12.4. The van der Waals surface area contributed by atoms with Gasteiger partial charge in [-0.05, 0) is 54.8 Å². The molecule has 1 amide bonds. The second-order valence-corrected chi connectivity index (χ2v) is 5.73. The minimum Gasteiger partial charge on any atom is -0.366 e. The van der Waals surface area contributed by atoms with Gasteiger partial charge in [-0.2, -0.15) is 0 Å². The molecule has 0 radical (unpaired) electrons. The molecule has 1 saturated carbocycles. The van der Waals surface area contributed by atoms with E-state index in [2.05, 4.69) is 17.5 Å². The Labute approximate surface area is 113 Å². The first-order chi connectivity index (χ1) is 9.22. The number of nitrogens with one attached hydrogen (secondary N) is 1. The predicted octanol–water partition coefficient (Wildman–Crippen LogP) is 2.09. The Morgan fingerprint density at radius 2 is 2.00 bits per heavy atom. The van der Waals surface area contributed by atoms with Crippen LogP contribution in [0.5, 0.6) is 0 Å². The third-order valence-corrected chi connectivity index (χ3v) is 4.39. The molecule has 3 atom stereocenters. The van der Waals surface area contributed by atoms with Crippen molar-refractivity contribution in [3.05, 3.63) is 47.5 Å². The van der Waals surface area contributed by atoms with Crippen LogP contribution in [0.3, 0.4) is 0 Å². The van der Waals surface area contributed by atoms with E-state index in [1.54, 1.807) is 12.1 Å². The lowest BCUT2D eigenvalue weighted by molar-refractivity contribution is 0.100. The summed E-state index contributed by atoms with van der Waals surface area (Å²) < 4.78 is 0. The molecule has 3 rings (SSSR count). The van der Waals surface area contributed by atoms with Crippen molar-refractivity contribution in [3.8, 4) is 0 Å². The zero-order valence-corrected chi connectivity index (χ0v) is 11.0. The number of hydrogen-bond acceptors (Lipinski definition) is 2. The van der Waals surface area contributed by atoms with Crippen LogP contribution in [-0.2, 0) is 6.54 Å². The summed E-state index contributed by atoms with van der Waals surface area (Å²) in [6, 6.07) is 7.51. The topological polar surface area (TPSA) is 55.1 Å². The van der Waals surface area contributed by atoms with E-state index in [0.29, 0.717) is 5.56 Å².